The molecule has 0 heterocycles. The second-order valence-electron chi connectivity index (χ2n) is 3.42. The van der Waals surface area contributed by atoms with E-state index in [4.69, 9.17) is 0 Å². The molecule has 0 bridgehead atoms. The maximum atomic E-state index is 2.25. The summed E-state index contributed by atoms with van der Waals surface area (Å²) in [4.78, 5) is 0. The van der Waals surface area contributed by atoms with Crippen molar-refractivity contribution < 1.29 is 17.1 Å². The number of rotatable bonds is 4. The Morgan fingerprint density at radius 2 is 1.69 bits per heavy atom. The molecule has 0 aromatic heterocycles. The summed E-state index contributed by atoms with van der Waals surface area (Å²) in [5, 5.41) is 1.52. The fourth-order valence-corrected chi connectivity index (χ4v) is 2.47. The van der Waals surface area contributed by atoms with Crippen LogP contribution in [0.5, 0.6) is 0 Å². The molecule has 88 valence electrons. The predicted molar refractivity (Wildman–Crippen MR) is 71.8 cm³/mol. The van der Waals surface area contributed by atoms with Crippen molar-refractivity contribution in [2.24, 2.45) is 0 Å². The Bertz CT molecular complexity index is 280. The summed E-state index contributed by atoms with van der Waals surface area (Å²) >= 11 is 0. The number of hydrogen-bond donors (Lipinski definition) is 0. The van der Waals surface area contributed by atoms with Gasteiger partial charge in [-0.2, -0.15) is 38.9 Å². The molecule has 16 heavy (non-hydrogen) atoms. The molecular weight excluding hydrogens is 255 g/mol. The van der Waals surface area contributed by atoms with Gasteiger partial charge in [-0.05, 0) is 6.16 Å². The Balaban J connectivity index is 0.000000318. The topological polar surface area (TPSA) is 0 Å². The summed E-state index contributed by atoms with van der Waals surface area (Å²) in [6.07, 6.45) is 4.08. The van der Waals surface area contributed by atoms with E-state index >= 15 is 0 Å². The smallest absolute Gasteiger partial charge is 0.214 e. The first-order valence-electron chi connectivity index (χ1n) is 5.55. The molecule has 2 rings (SSSR count). The van der Waals surface area contributed by atoms with Gasteiger partial charge in [0.05, 0.1) is 0 Å². The normalized spacial score (nSPS) is 9.56. The maximum absolute atomic E-state index is 2.25. The second-order valence-corrected chi connectivity index (χ2v) is 4.85. The number of unbranched alkanes of at least 4 members (excludes halogenated alkanes) is 1. The van der Waals surface area contributed by atoms with Gasteiger partial charge in [0.1, 0.15) is 0 Å². The van der Waals surface area contributed by atoms with Gasteiger partial charge in [-0.15, -0.1) is 5.30 Å². The van der Waals surface area contributed by atoms with E-state index in [1.807, 2.05) is 30.3 Å². The first-order valence-corrected chi connectivity index (χ1v) is 6.76. The van der Waals surface area contributed by atoms with E-state index < -0.39 is 0 Å². The van der Waals surface area contributed by atoms with Crippen molar-refractivity contribution in [2.45, 2.75) is 19.8 Å². The van der Waals surface area contributed by atoms with Crippen LogP contribution in [0.4, 0.5) is 0 Å². The molecule has 0 spiro atoms. The van der Waals surface area contributed by atoms with E-state index in [1.54, 1.807) is 0 Å². The molecule has 0 fully saturated rings. The fraction of sp³-hybridized carbons (Fsp3) is 0.286. The first kappa shape index (κ1) is 15.6. The van der Waals surface area contributed by atoms with Gasteiger partial charge in [0, 0.05) is 0 Å². The van der Waals surface area contributed by atoms with Gasteiger partial charge in [-0.25, -0.2) is 24.3 Å². The van der Waals surface area contributed by atoms with Crippen molar-refractivity contribution >= 4 is 13.9 Å². The molecule has 0 radical (unpaired) electrons. The summed E-state index contributed by atoms with van der Waals surface area (Å²) in [5.74, 6) is 0. The summed E-state index contributed by atoms with van der Waals surface area (Å²) in [7, 11) is 1.04. The van der Waals surface area contributed by atoms with Gasteiger partial charge < -0.3 is 0 Å². The SMILES string of the molecule is CCCCP[c-]1cccc1.[Fe+2].c1cc[cH-]c1. The first-order chi connectivity index (χ1) is 7.43. The summed E-state index contributed by atoms with van der Waals surface area (Å²) < 4.78 is 0. The van der Waals surface area contributed by atoms with E-state index in [9.17, 15) is 0 Å². The van der Waals surface area contributed by atoms with Crippen molar-refractivity contribution in [3.05, 3.63) is 54.6 Å². The number of hydrogen-bond acceptors (Lipinski definition) is 0. The Labute approximate surface area is 111 Å². The van der Waals surface area contributed by atoms with Gasteiger partial charge in [-0.1, -0.05) is 19.8 Å². The Morgan fingerprint density at radius 1 is 1.06 bits per heavy atom. The Morgan fingerprint density at radius 3 is 2.12 bits per heavy atom. The van der Waals surface area contributed by atoms with Crippen LogP contribution in [0.3, 0.4) is 0 Å². The molecule has 0 saturated carbocycles. The molecular formula is C14H19FeP. The average molecular weight is 274 g/mol. The van der Waals surface area contributed by atoms with Crippen molar-refractivity contribution in [1.82, 2.24) is 0 Å². The van der Waals surface area contributed by atoms with Crippen LogP contribution in [0.25, 0.3) is 0 Å². The zero-order chi connectivity index (χ0) is 10.8. The third-order valence-corrected chi connectivity index (χ3v) is 3.42. The van der Waals surface area contributed by atoms with Gasteiger partial charge in [0.2, 0.25) is 0 Å². The zero-order valence-corrected chi connectivity index (χ0v) is 11.8. The van der Waals surface area contributed by atoms with Crippen LogP contribution in [-0.4, -0.2) is 6.16 Å². The van der Waals surface area contributed by atoms with Gasteiger partial charge in [0.25, 0.3) is 0 Å². The fourth-order valence-electron chi connectivity index (χ4n) is 1.22. The Kier molecular flexibility index (Phi) is 10.9. The minimum Gasteiger partial charge on any atom is -0.214 e. The van der Waals surface area contributed by atoms with E-state index in [0.29, 0.717) is 0 Å². The molecule has 0 aliphatic rings. The molecule has 2 heteroatoms. The van der Waals surface area contributed by atoms with Gasteiger partial charge >= 0.3 is 17.1 Å². The van der Waals surface area contributed by atoms with Crippen molar-refractivity contribution in [3.8, 4) is 0 Å². The Hall–Kier alpha value is -0.351. The maximum Gasteiger partial charge on any atom is 2.00 e. The summed E-state index contributed by atoms with van der Waals surface area (Å²) in [6.45, 7) is 2.25. The summed E-state index contributed by atoms with van der Waals surface area (Å²) in [6, 6.07) is 18.7. The van der Waals surface area contributed by atoms with Crippen LogP contribution in [0.2, 0.25) is 0 Å². The van der Waals surface area contributed by atoms with Crippen LogP contribution in [0.15, 0.2) is 54.6 Å². The van der Waals surface area contributed by atoms with Crippen molar-refractivity contribution in [2.75, 3.05) is 6.16 Å². The third-order valence-electron chi connectivity index (χ3n) is 2.08. The molecule has 2 aromatic carbocycles. The molecule has 0 aliphatic carbocycles. The van der Waals surface area contributed by atoms with Crippen LogP contribution < -0.4 is 5.30 Å². The van der Waals surface area contributed by atoms with Crippen LogP contribution in [-0.2, 0) is 17.1 Å². The van der Waals surface area contributed by atoms with Gasteiger partial charge in [0.15, 0.2) is 0 Å². The van der Waals surface area contributed by atoms with Crippen LogP contribution in [0, 0.1) is 0 Å². The van der Waals surface area contributed by atoms with Gasteiger partial charge in [-0.3, -0.25) is 0 Å². The van der Waals surface area contributed by atoms with E-state index in [-0.39, 0.29) is 17.1 Å². The van der Waals surface area contributed by atoms with E-state index in [2.05, 4.69) is 31.2 Å². The third kappa shape index (κ3) is 7.88. The average Bonchev–Trinajstić information content (AvgIpc) is 2.94. The molecule has 1 atom stereocenters. The molecule has 0 amide bonds. The molecule has 0 N–H and O–H groups in total. The summed E-state index contributed by atoms with van der Waals surface area (Å²) in [5.41, 5.74) is 0. The zero-order valence-electron chi connectivity index (χ0n) is 9.67. The minimum absolute atomic E-state index is 0. The largest absolute Gasteiger partial charge is 2.00 e. The monoisotopic (exact) mass is 274 g/mol. The van der Waals surface area contributed by atoms with Crippen molar-refractivity contribution in [1.29, 1.82) is 0 Å². The quantitative estimate of drug-likeness (QED) is 0.343. The molecule has 1 unspecified atom stereocenters. The van der Waals surface area contributed by atoms with E-state index in [1.165, 1.54) is 24.3 Å². The predicted octanol–water partition coefficient (Wildman–Crippen LogP) is 3.91. The standard InChI is InChI=1S/C9H14P.C5H5.Fe/c1-2-3-8-10-9-6-4-5-7-9;1-2-4-5-3-1;/h4-7,10H,2-3,8H2,1H3;1-5H;/q2*-1;+2. The van der Waals surface area contributed by atoms with Crippen molar-refractivity contribution in [3.63, 3.8) is 0 Å². The molecule has 0 saturated heterocycles. The molecule has 2 aromatic rings. The second kappa shape index (κ2) is 11.1. The minimum atomic E-state index is 0. The molecule has 0 aliphatic heterocycles. The molecule has 0 nitrogen and oxygen atoms in total. The van der Waals surface area contributed by atoms with Crippen LogP contribution >= 0.6 is 8.58 Å². The van der Waals surface area contributed by atoms with Crippen LogP contribution in [0.1, 0.15) is 19.8 Å². The van der Waals surface area contributed by atoms with E-state index in [0.717, 1.165) is 8.58 Å².